The molecule has 8 aliphatic rings. The van der Waals surface area contributed by atoms with Crippen molar-refractivity contribution >= 4 is 10.8 Å². The second-order valence-electron chi connectivity index (χ2n) is 14.6. The Morgan fingerprint density at radius 1 is 0.632 bits per heavy atom. The standard InChI is InChI=1S/C34H44O4/c35-3-5-37-30-14-28(33-15-21-7-22(16-33)9-23(8-21)17-33)13-27-1-2-29(32(31(27)30)38-6-4-36)34-18-24-10-25(19-34)12-26(11-24)20-34/h1-2,13-14,21-26,35-36H,3-12,15-20H2. The largest absolute Gasteiger partial charge is 0.490 e. The summed E-state index contributed by atoms with van der Waals surface area (Å²) >= 11 is 0. The maximum Gasteiger partial charge on any atom is 0.134 e. The molecule has 0 aromatic heterocycles. The predicted octanol–water partition coefficient (Wildman–Crippen LogP) is 6.52. The lowest BCUT2D eigenvalue weighted by atomic mass is 9.47. The van der Waals surface area contributed by atoms with Gasteiger partial charge in [-0.15, -0.1) is 0 Å². The highest BCUT2D eigenvalue weighted by molar-refractivity contribution is 5.96. The van der Waals surface area contributed by atoms with Crippen molar-refractivity contribution < 1.29 is 19.7 Å². The molecule has 8 fully saturated rings. The van der Waals surface area contributed by atoms with Gasteiger partial charge in [-0.05, 0) is 140 Å². The number of ether oxygens (including phenoxy) is 2. The molecule has 2 aromatic carbocycles. The fourth-order valence-corrected chi connectivity index (χ4v) is 11.6. The molecule has 2 N–H and O–H groups in total. The van der Waals surface area contributed by atoms with Crippen molar-refractivity contribution in [1.29, 1.82) is 0 Å². The molecule has 4 heteroatoms. The SMILES string of the molecule is OCCOc1cc(C23CC4CC(CC(C4)C2)C3)cc2ccc(C34CC5CC(CC(C5)C3)C4)c(OCCO)c12. The van der Waals surface area contributed by atoms with E-state index >= 15 is 0 Å². The predicted molar refractivity (Wildman–Crippen MR) is 149 cm³/mol. The van der Waals surface area contributed by atoms with Crippen LogP contribution in [0.2, 0.25) is 0 Å². The lowest BCUT2D eigenvalue weighted by Crippen LogP contribution is -2.48. The highest BCUT2D eigenvalue weighted by Gasteiger charge is 2.54. The third-order valence-electron chi connectivity index (χ3n) is 12.0. The maximum absolute atomic E-state index is 9.79. The second kappa shape index (κ2) is 8.86. The van der Waals surface area contributed by atoms with E-state index in [0.717, 1.165) is 52.4 Å². The van der Waals surface area contributed by atoms with Crippen LogP contribution in [0.15, 0.2) is 24.3 Å². The monoisotopic (exact) mass is 516 g/mol. The summed E-state index contributed by atoms with van der Waals surface area (Å²) in [5, 5.41) is 21.8. The second-order valence-corrected chi connectivity index (χ2v) is 14.6. The zero-order chi connectivity index (χ0) is 25.5. The molecule has 0 amide bonds. The van der Waals surface area contributed by atoms with Crippen LogP contribution in [0.5, 0.6) is 11.5 Å². The van der Waals surface area contributed by atoms with Crippen molar-refractivity contribution in [3.63, 3.8) is 0 Å². The molecule has 0 heterocycles. The quantitative estimate of drug-likeness (QED) is 0.420. The highest BCUT2D eigenvalue weighted by atomic mass is 16.5. The Morgan fingerprint density at radius 3 is 1.66 bits per heavy atom. The molecule has 0 unspecified atom stereocenters. The van der Waals surface area contributed by atoms with E-state index in [1.807, 2.05) is 0 Å². The molecule has 38 heavy (non-hydrogen) atoms. The zero-order valence-corrected chi connectivity index (χ0v) is 22.8. The van der Waals surface area contributed by atoms with Crippen LogP contribution in [0.25, 0.3) is 10.8 Å². The number of rotatable bonds is 8. The van der Waals surface area contributed by atoms with E-state index in [0.29, 0.717) is 13.2 Å². The number of aliphatic hydroxyl groups excluding tert-OH is 2. The summed E-state index contributed by atoms with van der Waals surface area (Å²) in [7, 11) is 0. The first-order valence-corrected chi connectivity index (χ1v) is 15.7. The molecule has 0 spiro atoms. The summed E-state index contributed by atoms with van der Waals surface area (Å²) in [6.45, 7) is 0.606. The highest BCUT2D eigenvalue weighted by Crippen LogP contribution is 2.64. The third-order valence-corrected chi connectivity index (χ3v) is 12.0. The number of hydrogen-bond acceptors (Lipinski definition) is 4. The van der Waals surface area contributed by atoms with Crippen molar-refractivity contribution in [3.05, 3.63) is 35.4 Å². The van der Waals surface area contributed by atoms with Gasteiger partial charge < -0.3 is 19.7 Å². The lowest BCUT2D eigenvalue weighted by Gasteiger charge is -2.57. The van der Waals surface area contributed by atoms with Gasteiger partial charge in [0.05, 0.1) is 18.6 Å². The molecule has 0 radical (unpaired) electrons. The van der Waals surface area contributed by atoms with Crippen LogP contribution in [-0.4, -0.2) is 36.6 Å². The van der Waals surface area contributed by atoms with Crippen LogP contribution in [-0.2, 0) is 10.8 Å². The van der Waals surface area contributed by atoms with Gasteiger partial charge in [0.1, 0.15) is 24.7 Å². The molecule has 10 rings (SSSR count). The van der Waals surface area contributed by atoms with E-state index in [4.69, 9.17) is 9.47 Å². The molecular weight excluding hydrogens is 472 g/mol. The Balaban J connectivity index is 1.28. The smallest absolute Gasteiger partial charge is 0.134 e. The number of benzene rings is 2. The minimum absolute atomic E-state index is 0.00455. The first-order chi connectivity index (χ1) is 18.6. The van der Waals surface area contributed by atoms with Gasteiger partial charge in [0.15, 0.2) is 0 Å². The van der Waals surface area contributed by atoms with E-state index < -0.39 is 0 Å². The molecule has 8 aliphatic carbocycles. The van der Waals surface area contributed by atoms with Crippen LogP contribution in [0.1, 0.15) is 88.2 Å². The van der Waals surface area contributed by atoms with Crippen molar-refractivity contribution in [2.45, 2.75) is 87.9 Å². The molecule has 0 saturated heterocycles. The molecule has 8 saturated carbocycles. The van der Waals surface area contributed by atoms with Crippen molar-refractivity contribution in [1.82, 2.24) is 0 Å². The minimum Gasteiger partial charge on any atom is -0.490 e. The lowest BCUT2D eigenvalue weighted by molar-refractivity contribution is -0.00650. The Labute approximate surface area is 227 Å². The number of fused-ring (bicyclic) bond motifs is 1. The number of hydrogen-bond donors (Lipinski definition) is 2. The van der Waals surface area contributed by atoms with E-state index in [2.05, 4.69) is 24.3 Å². The van der Waals surface area contributed by atoms with E-state index in [1.165, 1.54) is 93.6 Å². The fraction of sp³-hybridized carbons (Fsp3) is 0.706. The summed E-state index contributed by atoms with van der Waals surface area (Å²) in [6.07, 6.45) is 16.4. The maximum atomic E-state index is 9.79. The molecular formula is C34H44O4. The Morgan fingerprint density at radius 2 is 1.13 bits per heavy atom. The molecule has 8 bridgehead atoms. The van der Waals surface area contributed by atoms with E-state index in [9.17, 15) is 10.2 Å². The van der Waals surface area contributed by atoms with Crippen LogP contribution < -0.4 is 9.47 Å². The summed E-state index contributed by atoms with van der Waals surface area (Å²) in [5.74, 6) is 7.05. The van der Waals surface area contributed by atoms with Crippen LogP contribution in [0.3, 0.4) is 0 Å². The summed E-state index contributed by atoms with van der Waals surface area (Å²) in [5.41, 5.74) is 3.28. The molecule has 0 atom stereocenters. The van der Waals surface area contributed by atoms with E-state index in [1.54, 1.807) is 0 Å². The first-order valence-electron chi connectivity index (χ1n) is 15.7. The summed E-state index contributed by atoms with van der Waals surface area (Å²) in [6, 6.07) is 9.54. The molecule has 204 valence electrons. The van der Waals surface area contributed by atoms with Crippen molar-refractivity contribution in [2.24, 2.45) is 35.5 Å². The van der Waals surface area contributed by atoms with Gasteiger partial charge >= 0.3 is 0 Å². The van der Waals surface area contributed by atoms with Gasteiger partial charge in [0.25, 0.3) is 0 Å². The average molecular weight is 517 g/mol. The number of aliphatic hydroxyl groups is 2. The van der Waals surface area contributed by atoms with Gasteiger partial charge in [-0.25, -0.2) is 0 Å². The molecule has 2 aromatic rings. The Hall–Kier alpha value is -1.78. The van der Waals surface area contributed by atoms with Crippen molar-refractivity contribution in [3.8, 4) is 11.5 Å². The summed E-state index contributed by atoms with van der Waals surface area (Å²) < 4.78 is 12.9. The van der Waals surface area contributed by atoms with Gasteiger partial charge in [0.2, 0.25) is 0 Å². The average Bonchev–Trinajstić information content (AvgIpc) is 2.88. The zero-order valence-electron chi connectivity index (χ0n) is 22.8. The van der Waals surface area contributed by atoms with Gasteiger partial charge in [-0.1, -0.05) is 18.2 Å². The minimum atomic E-state index is 0.00455. The molecule has 4 nitrogen and oxygen atoms in total. The van der Waals surface area contributed by atoms with Crippen LogP contribution in [0, 0.1) is 35.5 Å². The van der Waals surface area contributed by atoms with Gasteiger partial charge in [0, 0.05) is 5.56 Å². The van der Waals surface area contributed by atoms with Gasteiger partial charge in [-0.2, -0.15) is 0 Å². The Bertz CT molecular complexity index is 1160. The van der Waals surface area contributed by atoms with Gasteiger partial charge in [-0.3, -0.25) is 0 Å². The molecule has 0 aliphatic heterocycles. The van der Waals surface area contributed by atoms with Crippen molar-refractivity contribution in [2.75, 3.05) is 26.4 Å². The van der Waals surface area contributed by atoms with Crippen LogP contribution in [0.4, 0.5) is 0 Å². The topological polar surface area (TPSA) is 58.9 Å². The normalized spacial score (nSPS) is 40.3. The summed E-state index contributed by atoms with van der Waals surface area (Å²) in [4.78, 5) is 0. The fourth-order valence-electron chi connectivity index (χ4n) is 11.6. The van der Waals surface area contributed by atoms with E-state index in [-0.39, 0.29) is 24.0 Å². The van der Waals surface area contributed by atoms with Crippen LogP contribution >= 0.6 is 0 Å². The first kappa shape index (κ1) is 24.1. The third kappa shape index (κ3) is 3.69. The Kier molecular flexibility index (Phi) is 5.61.